The van der Waals surface area contributed by atoms with E-state index in [1.165, 1.54) is 24.2 Å². The van der Waals surface area contributed by atoms with Crippen molar-refractivity contribution < 1.29 is 18.4 Å². The highest BCUT2D eigenvalue weighted by Gasteiger charge is 2.19. The molecule has 3 N–H and O–H groups in total. The van der Waals surface area contributed by atoms with Gasteiger partial charge in [0, 0.05) is 36.0 Å². The van der Waals surface area contributed by atoms with Crippen LogP contribution in [0.4, 0.5) is 17.3 Å². The molecule has 0 saturated carbocycles. The zero-order valence-electron chi connectivity index (χ0n) is 19.4. The van der Waals surface area contributed by atoms with Crippen molar-refractivity contribution in [3.05, 3.63) is 30.1 Å². The summed E-state index contributed by atoms with van der Waals surface area (Å²) in [6.07, 6.45) is 2.84. The number of nitrogens with zero attached hydrogens (tertiary/aromatic N) is 6. The maximum Gasteiger partial charge on any atom is 0.254 e. The molecule has 0 aliphatic carbocycles. The van der Waals surface area contributed by atoms with E-state index in [0.29, 0.717) is 5.56 Å². The summed E-state index contributed by atoms with van der Waals surface area (Å²) < 4.78 is 27.4. The normalized spacial score (nSPS) is 12.3. The molecule has 0 aliphatic rings. The predicted molar refractivity (Wildman–Crippen MR) is 108 cm³/mol. The molecular formula is C18H21N9O3. The van der Waals surface area contributed by atoms with E-state index in [-0.39, 0.29) is 46.8 Å². The van der Waals surface area contributed by atoms with Crippen LogP contribution in [0.3, 0.4) is 0 Å². The smallest absolute Gasteiger partial charge is 0.254 e. The van der Waals surface area contributed by atoms with Gasteiger partial charge in [-0.15, -0.1) is 10.2 Å². The Kier molecular flexibility index (Phi) is 5.01. The van der Waals surface area contributed by atoms with E-state index >= 15 is 0 Å². The lowest BCUT2D eigenvalue weighted by molar-refractivity contribution is -0.115. The van der Waals surface area contributed by atoms with Gasteiger partial charge in [-0.1, -0.05) is 6.92 Å². The number of aryl methyl sites for hydroxylation is 1. The molecule has 0 spiro atoms. The van der Waals surface area contributed by atoms with Crippen molar-refractivity contribution in [1.82, 2.24) is 35.5 Å². The fourth-order valence-electron chi connectivity index (χ4n) is 2.55. The summed E-state index contributed by atoms with van der Waals surface area (Å²) in [6.45, 7) is -1.04. The molecule has 156 valence electrons. The maximum atomic E-state index is 12.6. The molecule has 0 atom stereocenters. The summed E-state index contributed by atoms with van der Waals surface area (Å²) in [7, 11) is 3.03. The summed E-state index contributed by atoms with van der Waals surface area (Å²) in [5, 5.41) is 19.4. The van der Waals surface area contributed by atoms with Crippen molar-refractivity contribution in [2.75, 3.05) is 24.7 Å². The Morgan fingerprint density at radius 3 is 2.83 bits per heavy atom. The molecule has 0 aromatic carbocycles. The number of carbonyl (C=O) groups excluding carboxylic acids is 2. The van der Waals surface area contributed by atoms with Crippen LogP contribution in [0, 0.1) is 0 Å². The van der Waals surface area contributed by atoms with Crippen LogP contribution in [0.25, 0.3) is 11.4 Å². The first kappa shape index (κ1) is 16.8. The zero-order valence-corrected chi connectivity index (χ0v) is 16.4. The van der Waals surface area contributed by atoms with Crippen LogP contribution in [-0.4, -0.2) is 56.1 Å². The third kappa shape index (κ3) is 4.32. The van der Waals surface area contributed by atoms with Gasteiger partial charge in [0.2, 0.25) is 11.7 Å². The number of pyridine rings is 2. The first-order valence-corrected chi connectivity index (χ1v) is 8.78. The number of aromatic nitrogens is 6. The first-order valence-electron chi connectivity index (χ1n) is 10.3. The van der Waals surface area contributed by atoms with Crippen LogP contribution in [0.5, 0.6) is 5.75 Å². The predicted octanol–water partition coefficient (Wildman–Crippen LogP) is 1.13. The molecule has 12 nitrogen and oxygen atoms in total. The lowest BCUT2D eigenvalue weighted by Crippen LogP contribution is -2.20. The van der Waals surface area contributed by atoms with Crippen LogP contribution >= 0.6 is 0 Å². The van der Waals surface area contributed by atoms with Gasteiger partial charge in [0.05, 0.1) is 31.0 Å². The third-order valence-corrected chi connectivity index (χ3v) is 3.96. The number of carbonyl (C=O) groups is 2. The van der Waals surface area contributed by atoms with Gasteiger partial charge in [0.1, 0.15) is 5.82 Å². The van der Waals surface area contributed by atoms with E-state index in [2.05, 4.69) is 36.0 Å². The Labute approximate surface area is 176 Å². The number of hydrogen-bond acceptors (Lipinski definition) is 9. The molecule has 3 aromatic rings. The highest BCUT2D eigenvalue weighted by Crippen LogP contribution is 2.35. The molecule has 2 amide bonds. The van der Waals surface area contributed by atoms with Gasteiger partial charge in [-0.25, -0.2) is 9.97 Å². The lowest BCUT2D eigenvalue weighted by Gasteiger charge is -2.15. The number of hydrogen-bond donors (Lipinski definition) is 3. The molecule has 0 bridgehead atoms. The highest BCUT2D eigenvalue weighted by molar-refractivity contribution is 6.01. The number of methoxy groups -OCH3 is 1. The van der Waals surface area contributed by atoms with Crippen molar-refractivity contribution in [2.24, 2.45) is 7.05 Å². The van der Waals surface area contributed by atoms with Crippen LogP contribution in [0.1, 0.15) is 27.8 Å². The Hall–Kier alpha value is -4.09. The van der Waals surface area contributed by atoms with E-state index in [0.717, 1.165) is 6.20 Å². The van der Waals surface area contributed by atoms with Crippen LogP contribution < -0.4 is 20.7 Å². The standard InChI is InChI=1S/C18H21N9O3/c1-5-14(28)23-13-8-12(11(9-21-13)18(29)19-2)22-17-15(30-4)10(6-7-20-17)16-24-26-27(3)25-16/h6-9H,5H2,1-4H3,(H,19,29)(H2,20,21,22,23,28)/i2D3. The largest absolute Gasteiger partial charge is 0.492 e. The SMILES string of the molecule is [2H]C([2H])([2H])NC(=O)c1cnc(NC(=O)CC)cc1Nc1nccc(-c2nnn(C)n2)c1OC. The third-order valence-electron chi connectivity index (χ3n) is 3.96. The summed E-state index contributed by atoms with van der Waals surface area (Å²) in [6, 6.07) is 3.01. The minimum atomic E-state index is -2.71. The molecule has 0 saturated heterocycles. The van der Waals surface area contributed by atoms with Gasteiger partial charge in [-0.3, -0.25) is 9.59 Å². The van der Waals surface area contributed by atoms with Crippen molar-refractivity contribution in [3.8, 4) is 17.1 Å². The molecule has 3 aromatic heterocycles. The second-order valence-corrected chi connectivity index (χ2v) is 5.94. The van der Waals surface area contributed by atoms with E-state index < -0.39 is 12.9 Å². The maximum absolute atomic E-state index is 12.6. The monoisotopic (exact) mass is 414 g/mol. The van der Waals surface area contributed by atoms with Gasteiger partial charge < -0.3 is 20.7 Å². The molecular weight excluding hydrogens is 390 g/mol. The summed E-state index contributed by atoms with van der Waals surface area (Å²) in [5.74, 6) is -0.317. The van der Waals surface area contributed by atoms with Crippen molar-refractivity contribution >= 4 is 29.1 Å². The molecule has 3 rings (SSSR count). The van der Waals surface area contributed by atoms with Gasteiger partial charge >= 0.3 is 0 Å². The minimum Gasteiger partial charge on any atom is -0.492 e. The summed E-state index contributed by atoms with van der Waals surface area (Å²) in [5.41, 5.74) is 0.519. The van der Waals surface area contributed by atoms with E-state index in [4.69, 9.17) is 8.85 Å². The fraction of sp³-hybridized carbons (Fsp3) is 0.278. The Morgan fingerprint density at radius 2 is 2.17 bits per heavy atom. The van der Waals surface area contributed by atoms with Crippen molar-refractivity contribution in [3.63, 3.8) is 0 Å². The van der Waals surface area contributed by atoms with Crippen LogP contribution in [0.15, 0.2) is 24.5 Å². The molecule has 0 fully saturated rings. The van der Waals surface area contributed by atoms with Gasteiger partial charge in [-0.05, 0) is 11.3 Å². The quantitative estimate of drug-likeness (QED) is 0.517. The number of anilines is 3. The Bertz CT molecular complexity index is 1180. The van der Waals surface area contributed by atoms with Crippen molar-refractivity contribution in [1.29, 1.82) is 0 Å². The van der Waals surface area contributed by atoms with E-state index in [1.54, 1.807) is 20.0 Å². The molecule has 3 heterocycles. The molecule has 0 unspecified atom stereocenters. The number of nitrogens with one attached hydrogen (secondary N) is 3. The average molecular weight is 414 g/mol. The Morgan fingerprint density at radius 1 is 1.33 bits per heavy atom. The van der Waals surface area contributed by atoms with Crippen LogP contribution in [-0.2, 0) is 11.8 Å². The first-order chi connectivity index (χ1) is 15.6. The second kappa shape index (κ2) is 8.94. The second-order valence-electron chi connectivity index (χ2n) is 5.94. The average Bonchev–Trinajstić information content (AvgIpc) is 3.18. The van der Waals surface area contributed by atoms with Gasteiger partial charge in [-0.2, -0.15) is 4.80 Å². The van der Waals surface area contributed by atoms with Crippen LogP contribution in [0.2, 0.25) is 0 Å². The topological polar surface area (TPSA) is 149 Å². The van der Waals surface area contributed by atoms with E-state index in [1.807, 2.05) is 5.32 Å². The summed E-state index contributed by atoms with van der Waals surface area (Å²) in [4.78, 5) is 33.9. The summed E-state index contributed by atoms with van der Waals surface area (Å²) >= 11 is 0. The molecule has 12 heteroatoms. The number of tetrazole rings is 1. The number of ether oxygens (including phenoxy) is 1. The molecule has 0 radical (unpaired) electrons. The van der Waals surface area contributed by atoms with E-state index in [9.17, 15) is 9.59 Å². The van der Waals surface area contributed by atoms with Gasteiger partial charge in [0.25, 0.3) is 5.91 Å². The van der Waals surface area contributed by atoms with Gasteiger partial charge in [0.15, 0.2) is 11.6 Å². The van der Waals surface area contributed by atoms with Crippen molar-refractivity contribution in [2.45, 2.75) is 13.3 Å². The highest BCUT2D eigenvalue weighted by atomic mass is 16.5. The Balaban J connectivity index is 2.06. The molecule has 0 aliphatic heterocycles. The minimum absolute atomic E-state index is 0.0903. The fourth-order valence-corrected chi connectivity index (χ4v) is 2.55. The molecule has 30 heavy (non-hydrogen) atoms. The number of amides is 2. The zero-order chi connectivity index (χ0) is 24.2. The lowest BCUT2D eigenvalue weighted by atomic mass is 10.2. The number of rotatable bonds is 7.